The highest BCUT2D eigenvalue weighted by atomic mass is 127. The minimum Gasteiger partial charge on any atom is -0.544 e. The summed E-state index contributed by atoms with van der Waals surface area (Å²) < 4.78 is 26.5. The molecule has 0 aliphatic carbocycles. The van der Waals surface area contributed by atoms with E-state index in [0.29, 0.717) is 0 Å². The van der Waals surface area contributed by atoms with E-state index in [0.717, 1.165) is 12.1 Å². The molecular formula is C9H5F2I2O4-. The SMILES string of the molecule is O=C([O-])C(F)(F)C(O)c1cc(I)c(O)c(I)c1. The summed E-state index contributed by atoms with van der Waals surface area (Å²) in [6.45, 7) is 0. The van der Waals surface area contributed by atoms with Gasteiger partial charge in [-0.1, -0.05) is 0 Å². The van der Waals surface area contributed by atoms with E-state index in [9.17, 15) is 28.9 Å². The molecule has 1 unspecified atom stereocenters. The monoisotopic (exact) mass is 469 g/mol. The van der Waals surface area contributed by atoms with E-state index in [1.807, 2.05) is 0 Å². The standard InChI is InChI=1S/C9H6F2I2O4/c10-9(11,8(16)17)7(15)3-1-4(12)6(14)5(13)2-3/h1-2,7,14-15H,(H,16,17)/p-1. The van der Waals surface area contributed by atoms with Gasteiger partial charge in [-0.15, -0.1) is 0 Å². The largest absolute Gasteiger partial charge is 0.544 e. The van der Waals surface area contributed by atoms with Crippen molar-refractivity contribution < 1.29 is 28.9 Å². The summed E-state index contributed by atoms with van der Waals surface area (Å²) in [5.41, 5.74) is -0.300. The molecule has 0 fully saturated rings. The molecule has 8 heteroatoms. The Morgan fingerprint density at radius 1 is 1.35 bits per heavy atom. The molecule has 0 spiro atoms. The number of phenolic OH excluding ortho intramolecular Hbond substituents is 1. The van der Waals surface area contributed by atoms with Crippen molar-refractivity contribution in [3.8, 4) is 5.75 Å². The van der Waals surface area contributed by atoms with Crippen LogP contribution in [0.1, 0.15) is 11.7 Å². The quantitative estimate of drug-likeness (QED) is 0.649. The predicted octanol–water partition coefficient (Wildman–Crippen LogP) is 1.02. The second-order valence-electron chi connectivity index (χ2n) is 3.15. The summed E-state index contributed by atoms with van der Waals surface area (Å²) in [5.74, 6) is -7.15. The number of aromatic hydroxyl groups is 1. The number of benzene rings is 1. The zero-order valence-corrected chi connectivity index (χ0v) is 12.3. The molecule has 0 radical (unpaired) electrons. The summed E-state index contributed by atoms with van der Waals surface area (Å²) in [6.07, 6.45) is -2.52. The first-order valence-electron chi connectivity index (χ1n) is 4.13. The van der Waals surface area contributed by atoms with Gasteiger partial charge in [-0.25, -0.2) is 0 Å². The number of rotatable bonds is 3. The van der Waals surface area contributed by atoms with Crippen LogP contribution in [0.2, 0.25) is 0 Å². The Hall–Kier alpha value is -0.230. The van der Waals surface area contributed by atoms with Gasteiger partial charge >= 0.3 is 5.92 Å². The smallest absolute Gasteiger partial charge is 0.316 e. The molecule has 1 aromatic carbocycles. The van der Waals surface area contributed by atoms with Gasteiger partial charge in [0.05, 0.1) is 7.14 Å². The van der Waals surface area contributed by atoms with E-state index < -0.39 is 18.0 Å². The van der Waals surface area contributed by atoms with Gasteiger partial charge in [-0.05, 0) is 62.9 Å². The van der Waals surface area contributed by atoms with Gasteiger partial charge in [-0.3, -0.25) is 0 Å². The fourth-order valence-corrected chi connectivity index (χ4v) is 2.88. The number of alkyl halides is 2. The molecule has 0 amide bonds. The van der Waals surface area contributed by atoms with Crippen LogP contribution < -0.4 is 5.11 Å². The van der Waals surface area contributed by atoms with E-state index in [1.54, 1.807) is 45.2 Å². The molecule has 17 heavy (non-hydrogen) atoms. The summed E-state index contributed by atoms with van der Waals surface area (Å²) in [5, 5.41) is 28.9. The number of carboxylic acids is 1. The minimum atomic E-state index is -4.39. The van der Waals surface area contributed by atoms with Crippen molar-refractivity contribution >= 4 is 51.2 Å². The highest BCUT2D eigenvalue weighted by Gasteiger charge is 2.41. The molecule has 0 aliphatic rings. The van der Waals surface area contributed by atoms with Crippen LogP contribution in [-0.4, -0.2) is 22.1 Å². The zero-order valence-electron chi connectivity index (χ0n) is 7.95. The molecule has 1 aromatic rings. The second kappa shape index (κ2) is 5.18. The Labute approximate surface area is 122 Å². The second-order valence-corrected chi connectivity index (χ2v) is 5.47. The fourth-order valence-electron chi connectivity index (χ4n) is 1.06. The van der Waals surface area contributed by atoms with Crippen LogP contribution in [0.3, 0.4) is 0 Å². The van der Waals surface area contributed by atoms with Crippen molar-refractivity contribution in [3.63, 3.8) is 0 Å². The molecule has 0 aliphatic heterocycles. The van der Waals surface area contributed by atoms with E-state index in [1.165, 1.54) is 0 Å². The zero-order chi connectivity index (χ0) is 13.4. The first-order valence-corrected chi connectivity index (χ1v) is 6.29. The van der Waals surface area contributed by atoms with Crippen LogP contribution in [0.15, 0.2) is 12.1 Å². The number of hydrogen-bond donors (Lipinski definition) is 2. The topological polar surface area (TPSA) is 80.6 Å². The van der Waals surface area contributed by atoms with Gasteiger partial charge in [0.25, 0.3) is 0 Å². The van der Waals surface area contributed by atoms with Crippen LogP contribution >= 0.6 is 45.2 Å². The maximum atomic E-state index is 13.0. The lowest BCUT2D eigenvalue weighted by atomic mass is 10.0. The van der Waals surface area contributed by atoms with Gasteiger partial charge in [-0.2, -0.15) is 8.78 Å². The van der Waals surface area contributed by atoms with E-state index in [2.05, 4.69) is 0 Å². The molecule has 4 nitrogen and oxygen atoms in total. The Kier molecular flexibility index (Phi) is 4.52. The van der Waals surface area contributed by atoms with Crippen LogP contribution in [0.4, 0.5) is 8.78 Å². The number of carbonyl (C=O) groups is 1. The number of aliphatic hydroxyl groups excluding tert-OH is 1. The minimum absolute atomic E-state index is 0.112. The van der Waals surface area contributed by atoms with E-state index in [-0.39, 0.29) is 18.5 Å². The van der Waals surface area contributed by atoms with Gasteiger partial charge in [0, 0.05) is 0 Å². The summed E-state index contributed by atoms with van der Waals surface area (Å²) in [6, 6.07) is 2.17. The molecule has 0 saturated heterocycles. The number of aliphatic carboxylic acids is 1. The average molecular weight is 469 g/mol. The van der Waals surface area contributed by atoms with Gasteiger partial charge in [0.15, 0.2) is 0 Å². The average Bonchev–Trinajstić information content (AvgIpc) is 2.23. The Balaban J connectivity index is 3.22. The third kappa shape index (κ3) is 2.96. The molecule has 0 aromatic heterocycles. The summed E-state index contributed by atoms with van der Waals surface area (Å²) >= 11 is 3.36. The van der Waals surface area contributed by atoms with Gasteiger partial charge in [0.1, 0.15) is 17.8 Å². The number of carboxylic acid groups (broad SMARTS) is 1. The molecule has 94 valence electrons. The number of aliphatic hydroxyl groups is 1. The van der Waals surface area contributed by atoms with Crippen molar-refractivity contribution in [2.24, 2.45) is 0 Å². The highest BCUT2D eigenvalue weighted by molar-refractivity contribution is 14.1. The summed E-state index contributed by atoms with van der Waals surface area (Å²) in [4.78, 5) is 10.2. The molecule has 1 atom stereocenters. The van der Waals surface area contributed by atoms with Crippen molar-refractivity contribution in [1.82, 2.24) is 0 Å². The molecule has 0 saturated carbocycles. The summed E-state index contributed by atoms with van der Waals surface area (Å²) in [7, 11) is 0. The number of hydrogen-bond acceptors (Lipinski definition) is 4. The highest BCUT2D eigenvalue weighted by Crippen LogP contribution is 2.35. The van der Waals surface area contributed by atoms with E-state index >= 15 is 0 Å². The molecule has 2 N–H and O–H groups in total. The number of halogens is 4. The van der Waals surface area contributed by atoms with Crippen molar-refractivity contribution in [2.75, 3.05) is 0 Å². The molecular weight excluding hydrogens is 464 g/mol. The third-order valence-corrected chi connectivity index (χ3v) is 3.62. The van der Waals surface area contributed by atoms with Crippen molar-refractivity contribution in [3.05, 3.63) is 24.8 Å². The lowest BCUT2D eigenvalue weighted by Gasteiger charge is -2.24. The Morgan fingerprint density at radius 2 is 1.76 bits per heavy atom. The predicted molar refractivity (Wildman–Crippen MR) is 68.5 cm³/mol. The molecule has 0 bridgehead atoms. The Morgan fingerprint density at radius 3 is 2.12 bits per heavy atom. The lowest BCUT2D eigenvalue weighted by Crippen LogP contribution is -2.45. The lowest BCUT2D eigenvalue weighted by molar-refractivity contribution is -0.336. The molecule has 0 heterocycles. The number of carbonyl (C=O) groups excluding carboxylic acids is 1. The fraction of sp³-hybridized carbons (Fsp3) is 0.222. The van der Waals surface area contributed by atoms with Crippen LogP contribution in [-0.2, 0) is 4.79 Å². The van der Waals surface area contributed by atoms with Crippen LogP contribution in [0.25, 0.3) is 0 Å². The normalized spacial score (nSPS) is 13.5. The van der Waals surface area contributed by atoms with Crippen LogP contribution in [0.5, 0.6) is 5.75 Å². The van der Waals surface area contributed by atoms with E-state index in [4.69, 9.17) is 0 Å². The van der Waals surface area contributed by atoms with Gasteiger partial charge < -0.3 is 20.1 Å². The maximum Gasteiger partial charge on any atom is 0.316 e. The first-order chi connectivity index (χ1) is 7.67. The molecule has 1 rings (SSSR count). The Bertz CT molecular complexity index is 441. The number of phenols is 1. The van der Waals surface area contributed by atoms with Gasteiger partial charge in [0.2, 0.25) is 0 Å². The van der Waals surface area contributed by atoms with Crippen LogP contribution in [0, 0.1) is 7.14 Å². The third-order valence-electron chi connectivity index (χ3n) is 1.97. The maximum absolute atomic E-state index is 13.0. The first kappa shape index (κ1) is 14.8. The van der Waals surface area contributed by atoms with Crippen molar-refractivity contribution in [1.29, 1.82) is 0 Å². The van der Waals surface area contributed by atoms with Crippen molar-refractivity contribution in [2.45, 2.75) is 12.0 Å².